The fraction of sp³-hybridized carbons (Fsp3) is 0.143. The standard InChI is InChI=1S/C14H10F2N2S2/c1-7-17-5-13(19-7)9-3-12(16)10(4-11(9)15)14-6-18-8(2)20-14/h3-6H,1-2H3. The molecule has 0 aliphatic heterocycles. The molecule has 2 aromatic heterocycles. The first-order chi connectivity index (χ1) is 9.54. The summed E-state index contributed by atoms with van der Waals surface area (Å²) in [6.07, 6.45) is 3.13. The van der Waals surface area contributed by atoms with Gasteiger partial charge in [-0.25, -0.2) is 18.7 Å². The average Bonchev–Trinajstić information content (AvgIpc) is 3.00. The molecule has 0 saturated heterocycles. The molecule has 2 nitrogen and oxygen atoms in total. The number of aryl methyl sites for hydroxylation is 2. The summed E-state index contributed by atoms with van der Waals surface area (Å²) in [5.41, 5.74) is 0.496. The minimum Gasteiger partial charge on any atom is -0.249 e. The largest absolute Gasteiger partial charge is 0.249 e. The van der Waals surface area contributed by atoms with Gasteiger partial charge in [0.05, 0.1) is 19.8 Å². The van der Waals surface area contributed by atoms with Gasteiger partial charge in [-0.3, -0.25) is 0 Å². The Morgan fingerprint density at radius 2 is 1.20 bits per heavy atom. The lowest BCUT2D eigenvalue weighted by atomic mass is 10.1. The van der Waals surface area contributed by atoms with Crippen molar-refractivity contribution in [2.45, 2.75) is 13.8 Å². The fourth-order valence-electron chi connectivity index (χ4n) is 1.90. The molecule has 0 saturated carbocycles. The number of nitrogens with zero attached hydrogens (tertiary/aromatic N) is 2. The van der Waals surface area contributed by atoms with Crippen molar-refractivity contribution in [2.75, 3.05) is 0 Å². The van der Waals surface area contributed by atoms with E-state index in [4.69, 9.17) is 0 Å². The predicted octanol–water partition coefficient (Wildman–Crippen LogP) is 4.83. The van der Waals surface area contributed by atoms with E-state index in [0.29, 0.717) is 9.75 Å². The molecule has 0 fully saturated rings. The zero-order chi connectivity index (χ0) is 14.3. The van der Waals surface area contributed by atoms with E-state index >= 15 is 0 Å². The molecule has 6 heteroatoms. The van der Waals surface area contributed by atoms with E-state index in [1.165, 1.54) is 34.8 Å². The van der Waals surface area contributed by atoms with Crippen LogP contribution in [0.4, 0.5) is 8.78 Å². The molecule has 0 aliphatic rings. The maximum absolute atomic E-state index is 14.2. The Kier molecular flexibility index (Phi) is 3.35. The summed E-state index contributed by atoms with van der Waals surface area (Å²) in [4.78, 5) is 9.40. The highest BCUT2D eigenvalue weighted by molar-refractivity contribution is 7.15. The van der Waals surface area contributed by atoms with Gasteiger partial charge in [0.25, 0.3) is 0 Å². The summed E-state index contributed by atoms with van der Waals surface area (Å²) in [6, 6.07) is 2.46. The molecule has 0 amide bonds. The lowest BCUT2D eigenvalue weighted by Crippen LogP contribution is -1.89. The fourth-order valence-corrected chi connectivity index (χ4v) is 3.49. The monoisotopic (exact) mass is 308 g/mol. The maximum Gasteiger partial charge on any atom is 0.132 e. The SMILES string of the molecule is Cc1ncc(-c2cc(F)c(-c3cnc(C)s3)cc2F)s1. The minimum absolute atomic E-state index is 0.248. The second-order valence-corrected chi connectivity index (χ2v) is 6.77. The highest BCUT2D eigenvalue weighted by Gasteiger charge is 2.15. The zero-order valence-corrected chi connectivity index (χ0v) is 12.4. The first-order valence-corrected chi connectivity index (χ1v) is 7.52. The van der Waals surface area contributed by atoms with Gasteiger partial charge in [0.2, 0.25) is 0 Å². The molecule has 0 aliphatic carbocycles. The van der Waals surface area contributed by atoms with Crippen LogP contribution >= 0.6 is 22.7 Å². The van der Waals surface area contributed by atoms with Crippen LogP contribution in [0.25, 0.3) is 20.9 Å². The Bertz CT molecular complexity index is 711. The number of aromatic nitrogens is 2. The normalized spacial score (nSPS) is 11.0. The van der Waals surface area contributed by atoms with Crippen LogP contribution in [0.1, 0.15) is 10.0 Å². The molecule has 0 radical (unpaired) electrons. The van der Waals surface area contributed by atoms with E-state index in [1.54, 1.807) is 12.4 Å². The molecule has 0 unspecified atom stereocenters. The topological polar surface area (TPSA) is 25.8 Å². The van der Waals surface area contributed by atoms with Gasteiger partial charge in [-0.1, -0.05) is 0 Å². The number of benzene rings is 1. The summed E-state index contributed by atoms with van der Waals surface area (Å²) in [5.74, 6) is -0.896. The van der Waals surface area contributed by atoms with Gasteiger partial charge in [-0.05, 0) is 26.0 Å². The van der Waals surface area contributed by atoms with Gasteiger partial charge >= 0.3 is 0 Å². The second-order valence-electron chi connectivity index (χ2n) is 4.30. The number of hydrogen-bond donors (Lipinski definition) is 0. The van der Waals surface area contributed by atoms with Crippen molar-refractivity contribution in [3.8, 4) is 20.9 Å². The van der Waals surface area contributed by atoms with Crippen LogP contribution in [-0.4, -0.2) is 9.97 Å². The molecule has 3 aromatic rings. The van der Waals surface area contributed by atoms with E-state index in [1.807, 2.05) is 13.8 Å². The molecule has 2 heterocycles. The van der Waals surface area contributed by atoms with Crippen LogP contribution in [0.15, 0.2) is 24.5 Å². The molecule has 0 atom stereocenters. The summed E-state index contributed by atoms with van der Waals surface area (Å²) in [5, 5.41) is 1.64. The van der Waals surface area contributed by atoms with E-state index in [-0.39, 0.29) is 11.1 Å². The van der Waals surface area contributed by atoms with Crippen molar-refractivity contribution in [1.82, 2.24) is 9.97 Å². The Labute approximate surface area is 122 Å². The molecular weight excluding hydrogens is 298 g/mol. The summed E-state index contributed by atoms with van der Waals surface area (Å²) < 4.78 is 28.4. The first kappa shape index (κ1) is 13.3. The van der Waals surface area contributed by atoms with E-state index in [0.717, 1.165) is 10.0 Å². The lowest BCUT2D eigenvalue weighted by Gasteiger charge is -2.04. The van der Waals surface area contributed by atoms with Crippen LogP contribution < -0.4 is 0 Å². The molecule has 1 aromatic carbocycles. The Hall–Kier alpha value is -1.66. The van der Waals surface area contributed by atoms with Crippen molar-refractivity contribution in [1.29, 1.82) is 0 Å². The molecule has 0 spiro atoms. The Balaban J connectivity index is 2.11. The summed E-state index contributed by atoms with van der Waals surface area (Å²) >= 11 is 2.68. The van der Waals surface area contributed by atoms with Crippen LogP contribution in [0, 0.1) is 25.5 Å². The maximum atomic E-state index is 14.2. The third-order valence-corrected chi connectivity index (χ3v) is 4.72. The van der Waals surface area contributed by atoms with Crippen molar-refractivity contribution in [3.63, 3.8) is 0 Å². The van der Waals surface area contributed by atoms with Crippen LogP contribution in [0.5, 0.6) is 0 Å². The average molecular weight is 308 g/mol. The van der Waals surface area contributed by atoms with E-state index in [2.05, 4.69) is 9.97 Å². The zero-order valence-electron chi connectivity index (χ0n) is 10.8. The minimum atomic E-state index is -0.448. The van der Waals surface area contributed by atoms with E-state index < -0.39 is 11.6 Å². The molecular formula is C14H10F2N2S2. The quantitative estimate of drug-likeness (QED) is 0.677. The summed E-state index contributed by atoms with van der Waals surface area (Å²) in [7, 11) is 0. The molecule has 20 heavy (non-hydrogen) atoms. The van der Waals surface area contributed by atoms with Gasteiger partial charge in [0, 0.05) is 23.5 Å². The predicted molar refractivity (Wildman–Crippen MR) is 78.0 cm³/mol. The summed E-state index contributed by atoms with van der Waals surface area (Å²) in [6.45, 7) is 3.66. The van der Waals surface area contributed by atoms with Gasteiger partial charge in [0.1, 0.15) is 11.6 Å². The van der Waals surface area contributed by atoms with Gasteiger partial charge < -0.3 is 0 Å². The first-order valence-electron chi connectivity index (χ1n) is 5.89. The van der Waals surface area contributed by atoms with Crippen LogP contribution in [-0.2, 0) is 0 Å². The van der Waals surface area contributed by atoms with Crippen LogP contribution in [0.2, 0.25) is 0 Å². The molecule has 102 valence electrons. The van der Waals surface area contributed by atoms with Crippen molar-refractivity contribution >= 4 is 22.7 Å². The molecule has 0 N–H and O–H groups in total. The van der Waals surface area contributed by atoms with Crippen molar-refractivity contribution in [2.24, 2.45) is 0 Å². The smallest absolute Gasteiger partial charge is 0.132 e. The van der Waals surface area contributed by atoms with Gasteiger partial charge in [0.15, 0.2) is 0 Å². The molecule has 0 bridgehead atoms. The Morgan fingerprint density at radius 1 is 0.800 bits per heavy atom. The third-order valence-electron chi connectivity index (χ3n) is 2.83. The van der Waals surface area contributed by atoms with Gasteiger partial charge in [-0.2, -0.15) is 0 Å². The second kappa shape index (κ2) is 5.03. The lowest BCUT2D eigenvalue weighted by molar-refractivity contribution is 0.606. The highest BCUT2D eigenvalue weighted by atomic mass is 32.1. The highest BCUT2D eigenvalue weighted by Crippen LogP contribution is 2.35. The Morgan fingerprint density at radius 3 is 1.50 bits per heavy atom. The van der Waals surface area contributed by atoms with Gasteiger partial charge in [-0.15, -0.1) is 22.7 Å². The number of rotatable bonds is 2. The number of halogens is 2. The number of thiazole rings is 2. The number of hydrogen-bond acceptors (Lipinski definition) is 4. The molecule has 3 rings (SSSR count). The van der Waals surface area contributed by atoms with Crippen molar-refractivity contribution < 1.29 is 8.78 Å². The van der Waals surface area contributed by atoms with Crippen molar-refractivity contribution in [3.05, 3.63) is 46.2 Å². The third kappa shape index (κ3) is 2.36. The van der Waals surface area contributed by atoms with E-state index in [9.17, 15) is 8.78 Å². The van der Waals surface area contributed by atoms with Crippen LogP contribution in [0.3, 0.4) is 0 Å².